The Labute approximate surface area is 131 Å². The zero-order valence-electron chi connectivity index (χ0n) is 11.3. The van der Waals surface area contributed by atoms with E-state index < -0.39 is 5.97 Å². The van der Waals surface area contributed by atoms with E-state index >= 15 is 0 Å². The average molecular weight is 327 g/mol. The van der Waals surface area contributed by atoms with Crippen LogP contribution in [0.25, 0.3) is 11.0 Å². The Bertz CT molecular complexity index is 668. The van der Waals surface area contributed by atoms with Crippen molar-refractivity contribution < 1.29 is 14.6 Å². The van der Waals surface area contributed by atoms with Crippen LogP contribution in [0.4, 0.5) is 0 Å². The first-order valence-electron chi connectivity index (χ1n) is 6.75. The van der Waals surface area contributed by atoms with Crippen molar-refractivity contribution in [3.8, 4) is 0 Å². The van der Waals surface area contributed by atoms with Gasteiger partial charge in [0.2, 0.25) is 0 Å². The first-order chi connectivity index (χ1) is 10.2. The van der Waals surface area contributed by atoms with Crippen molar-refractivity contribution >= 4 is 40.4 Å². The number of benzene rings is 1. The molecule has 0 radical (unpaired) electrons. The summed E-state index contributed by atoms with van der Waals surface area (Å²) in [6.45, 7) is 1.41. The summed E-state index contributed by atoms with van der Waals surface area (Å²) in [7, 11) is 0. The Morgan fingerprint density at radius 3 is 2.95 bits per heavy atom. The molecule has 5 nitrogen and oxygen atoms in total. The van der Waals surface area contributed by atoms with E-state index in [0.717, 1.165) is 23.9 Å². The summed E-state index contributed by atoms with van der Waals surface area (Å²) in [5.41, 5.74) is 1.70. The molecule has 21 heavy (non-hydrogen) atoms. The monoisotopic (exact) mass is 326 g/mol. The van der Waals surface area contributed by atoms with Crippen LogP contribution in [-0.2, 0) is 9.53 Å². The lowest BCUT2D eigenvalue weighted by molar-refractivity contribution is -0.133. The average Bonchev–Trinajstić information content (AvgIpc) is 2.86. The first kappa shape index (κ1) is 14.7. The summed E-state index contributed by atoms with van der Waals surface area (Å²) < 4.78 is 7.50. The number of fused-ring (bicyclic) bond motifs is 1. The van der Waals surface area contributed by atoms with E-state index in [2.05, 4.69) is 9.55 Å². The predicted molar refractivity (Wildman–Crippen MR) is 82.2 cm³/mol. The molecule has 1 saturated heterocycles. The number of nitrogens with zero attached hydrogens (tertiary/aromatic N) is 2. The van der Waals surface area contributed by atoms with Crippen LogP contribution in [0.5, 0.6) is 0 Å². The predicted octanol–water partition coefficient (Wildman–Crippen LogP) is 3.22. The number of ether oxygens (including phenoxy) is 1. The summed E-state index contributed by atoms with van der Waals surface area (Å²) in [4.78, 5) is 15.4. The number of hydrogen-bond acceptors (Lipinski definition) is 4. The van der Waals surface area contributed by atoms with E-state index in [0.29, 0.717) is 23.4 Å². The van der Waals surface area contributed by atoms with Crippen molar-refractivity contribution in [3.63, 3.8) is 0 Å². The Balaban J connectivity index is 2.07. The second-order valence-corrected chi connectivity index (χ2v) is 6.25. The number of hydrogen-bond donors (Lipinski definition) is 1. The van der Waals surface area contributed by atoms with Crippen LogP contribution >= 0.6 is 23.4 Å². The van der Waals surface area contributed by atoms with Crippen molar-refractivity contribution in [2.45, 2.75) is 24.0 Å². The molecule has 0 unspecified atom stereocenters. The Morgan fingerprint density at radius 1 is 1.48 bits per heavy atom. The van der Waals surface area contributed by atoms with Crippen molar-refractivity contribution in [3.05, 3.63) is 23.2 Å². The number of carboxylic acids is 1. The minimum absolute atomic E-state index is 0.00976. The van der Waals surface area contributed by atoms with Gasteiger partial charge in [-0.2, -0.15) is 0 Å². The molecule has 1 N–H and O–H groups in total. The number of aliphatic carboxylic acids is 1. The SMILES string of the molecule is O=C(O)CSc1nc2cccc(Cl)c2n1C1CCOCC1. The van der Waals surface area contributed by atoms with E-state index in [1.54, 1.807) is 0 Å². The van der Waals surface area contributed by atoms with Gasteiger partial charge in [-0.05, 0) is 25.0 Å². The summed E-state index contributed by atoms with van der Waals surface area (Å²) in [5.74, 6) is -0.860. The highest BCUT2D eigenvalue weighted by Crippen LogP contribution is 2.35. The van der Waals surface area contributed by atoms with Gasteiger partial charge in [0.15, 0.2) is 5.16 Å². The zero-order valence-corrected chi connectivity index (χ0v) is 12.9. The quantitative estimate of drug-likeness (QED) is 0.874. The van der Waals surface area contributed by atoms with E-state index in [4.69, 9.17) is 21.4 Å². The molecule has 1 aromatic carbocycles. The van der Waals surface area contributed by atoms with Gasteiger partial charge in [-0.25, -0.2) is 4.98 Å². The van der Waals surface area contributed by atoms with Crippen molar-refractivity contribution in [1.29, 1.82) is 0 Å². The normalized spacial score (nSPS) is 16.4. The fraction of sp³-hybridized carbons (Fsp3) is 0.429. The van der Waals surface area contributed by atoms with Gasteiger partial charge in [0.05, 0.1) is 21.8 Å². The summed E-state index contributed by atoms with van der Waals surface area (Å²) in [6, 6.07) is 5.85. The molecule has 2 heterocycles. The van der Waals surface area contributed by atoms with Crippen LogP contribution in [0.15, 0.2) is 23.4 Å². The van der Waals surface area contributed by atoms with Gasteiger partial charge in [-0.15, -0.1) is 0 Å². The van der Waals surface area contributed by atoms with E-state index in [-0.39, 0.29) is 11.8 Å². The minimum atomic E-state index is -0.850. The number of halogens is 1. The third-order valence-electron chi connectivity index (χ3n) is 3.51. The topological polar surface area (TPSA) is 64.3 Å². The molecule has 1 aromatic heterocycles. The molecule has 112 valence electrons. The number of carboxylic acid groups (broad SMARTS) is 1. The van der Waals surface area contributed by atoms with Gasteiger partial charge in [0, 0.05) is 19.3 Å². The largest absolute Gasteiger partial charge is 0.481 e. The lowest BCUT2D eigenvalue weighted by Gasteiger charge is -2.25. The Morgan fingerprint density at radius 2 is 2.24 bits per heavy atom. The Kier molecular flexibility index (Phi) is 4.37. The van der Waals surface area contributed by atoms with Gasteiger partial charge in [-0.3, -0.25) is 4.79 Å². The molecular weight excluding hydrogens is 312 g/mol. The van der Waals surface area contributed by atoms with Crippen LogP contribution in [-0.4, -0.2) is 39.6 Å². The second kappa shape index (κ2) is 6.25. The number of aromatic nitrogens is 2. The maximum Gasteiger partial charge on any atom is 0.313 e. The lowest BCUT2D eigenvalue weighted by atomic mass is 10.1. The van der Waals surface area contributed by atoms with Gasteiger partial charge in [0.25, 0.3) is 0 Å². The maximum atomic E-state index is 10.8. The van der Waals surface area contributed by atoms with Gasteiger partial charge < -0.3 is 14.4 Å². The van der Waals surface area contributed by atoms with Gasteiger partial charge in [-0.1, -0.05) is 29.4 Å². The van der Waals surface area contributed by atoms with Gasteiger partial charge in [0.1, 0.15) is 0 Å². The summed E-state index contributed by atoms with van der Waals surface area (Å²) >= 11 is 7.58. The van der Waals surface area contributed by atoms with Crippen LogP contribution in [0.3, 0.4) is 0 Å². The molecule has 1 fully saturated rings. The number of imidazole rings is 1. The molecule has 0 amide bonds. The molecule has 0 spiro atoms. The fourth-order valence-electron chi connectivity index (χ4n) is 2.60. The fourth-order valence-corrected chi connectivity index (χ4v) is 3.65. The molecule has 0 bridgehead atoms. The number of rotatable bonds is 4. The van der Waals surface area contributed by atoms with E-state index in [1.165, 1.54) is 11.8 Å². The minimum Gasteiger partial charge on any atom is -0.481 e. The number of carbonyl (C=O) groups is 1. The molecule has 3 rings (SSSR count). The molecule has 1 aliphatic heterocycles. The molecule has 0 saturated carbocycles. The molecule has 0 aliphatic carbocycles. The van der Waals surface area contributed by atoms with Crippen molar-refractivity contribution in [2.75, 3.05) is 19.0 Å². The van der Waals surface area contributed by atoms with Crippen LogP contribution < -0.4 is 0 Å². The number of para-hydroxylation sites is 1. The first-order valence-corrected chi connectivity index (χ1v) is 8.12. The molecule has 2 aromatic rings. The smallest absolute Gasteiger partial charge is 0.313 e. The molecule has 0 atom stereocenters. The lowest BCUT2D eigenvalue weighted by Crippen LogP contribution is -2.20. The molecular formula is C14H15ClN2O3S. The van der Waals surface area contributed by atoms with Crippen LogP contribution in [0.1, 0.15) is 18.9 Å². The molecule has 7 heteroatoms. The Hall–Kier alpha value is -1.24. The van der Waals surface area contributed by atoms with Crippen LogP contribution in [0.2, 0.25) is 5.02 Å². The summed E-state index contributed by atoms with van der Waals surface area (Å²) in [5, 5.41) is 10.3. The highest BCUT2D eigenvalue weighted by atomic mass is 35.5. The standard InChI is InChI=1S/C14H15ClN2O3S/c15-10-2-1-3-11-13(10)17(9-4-6-20-7-5-9)14(16-11)21-8-12(18)19/h1-3,9H,4-8H2,(H,18,19). The van der Waals surface area contributed by atoms with E-state index in [1.807, 2.05) is 18.2 Å². The van der Waals surface area contributed by atoms with Crippen molar-refractivity contribution in [2.24, 2.45) is 0 Å². The summed E-state index contributed by atoms with van der Waals surface area (Å²) in [6.07, 6.45) is 1.77. The maximum absolute atomic E-state index is 10.8. The highest BCUT2D eigenvalue weighted by Gasteiger charge is 2.23. The van der Waals surface area contributed by atoms with E-state index in [9.17, 15) is 4.79 Å². The second-order valence-electron chi connectivity index (χ2n) is 4.90. The number of thioether (sulfide) groups is 1. The zero-order chi connectivity index (χ0) is 14.8. The van der Waals surface area contributed by atoms with Gasteiger partial charge >= 0.3 is 5.97 Å². The molecule has 1 aliphatic rings. The van der Waals surface area contributed by atoms with Crippen LogP contribution in [0, 0.1) is 0 Å². The third-order valence-corrected chi connectivity index (χ3v) is 4.75. The highest BCUT2D eigenvalue weighted by molar-refractivity contribution is 7.99. The third kappa shape index (κ3) is 3.02. The van der Waals surface area contributed by atoms with Crippen molar-refractivity contribution in [1.82, 2.24) is 9.55 Å².